The van der Waals surface area contributed by atoms with Crippen molar-refractivity contribution in [3.8, 4) is 0 Å². The summed E-state index contributed by atoms with van der Waals surface area (Å²) in [6, 6.07) is 5.20. The second-order valence-corrected chi connectivity index (χ2v) is 9.30. The summed E-state index contributed by atoms with van der Waals surface area (Å²) in [6.45, 7) is 3.02. The molecule has 0 heterocycles. The topological polar surface area (TPSA) is 46.2 Å². The van der Waals surface area contributed by atoms with E-state index in [0.29, 0.717) is 11.1 Å². The third-order valence-electron chi connectivity index (χ3n) is 5.29. The highest BCUT2D eigenvalue weighted by molar-refractivity contribution is 6.35. The molecule has 37 heavy (non-hydrogen) atoms. The van der Waals surface area contributed by atoms with Crippen LogP contribution in [0.4, 0.5) is 30.7 Å². The van der Waals surface area contributed by atoms with Gasteiger partial charge in [0.25, 0.3) is 5.91 Å². The summed E-state index contributed by atoms with van der Waals surface area (Å²) < 4.78 is 91.4. The predicted molar refractivity (Wildman–Crippen MR) is 127 cm³/mol. The number of hydrogen-bond acceptors (Lipinski definition) is 2. The lowest BCUT2D eigenvalue weighted by molar-refractivity contribution is -0.143. The number of alkyl halides is 6. The molecule has 202 valence electrons. The number of Topliss-reactive ketones (excluding diaryl/α,β-unsaturated/α-hetero) is 1. The number of allylic oxidation sites excluding steroid dienone is 1. The second kappa shape index (κ2) is 12.3. The van der Waals surface area contributed by atoms with E-state index in [-0.39, 0.29) is 17.5 Å². The van der Waals surface area contributed by atoms with E-state index in [2.05, 4.69) is 5.32 Å². The molecule has 0 saturated carbocycles. The highest BCUT2D eigenvalue weighted by atomic mass is 35.5. The lowest BCUT2D eigenvalue weighted by Crippen LogP contribution is -2.34. The van der Waals surface area contributed by atoms with Crippen LogP contribution in [-0.4, -0.2) is 30.1 Å². The SMILES string of the molecule is Cc1cc(/C=C/C(c2cc(Cl)c(F)c(Cl)c2)C(F)(F)F)ccc1C(=O)N[C@H](C)CC(=O)CCC(F)(F)F. The maximum atomic E-state index is 13.7. The lowest BCUT2D eigenvalue weighted by atomic mass is 9.96. The van der Waals surface area contributed by atoms with E-state index in [0.717, 1.165) is 18.2 Å². The van der Waals surface area contributed by atoms with Gasteiger partial charge in [-0.1, -0.05) is 47.5 Å². The number of hydrogen-bond donors (Lipinski definition) is 1. The first kappa shape index (κ1) is 30.6. The van der Waals surface area contributed by atoms with Gasteiger partial charge >= 0.3 is 12.4 Å². The molecular formula is C25H22Cl2F7NO2. The van der Waals surface area contributed by atoms with Gasteiger partial charge in [0.2, 0.25) is 0 Å². The maximum absolute atomic E-state index is 13.7. The van der Waals surface area contributed by atoms with Crippen LogP contribution in [0.1, 0.15) is 59.2 Å². The Labute approximate surface area is 218 Å². The Balaban J connectivity index is 2.13. The van der Waals surface area contributed by atoms with Crippen LogP contribution < -0.4 is 5.32 Å². The summed E-state index contributed by atoms with van der Waals surface area (Å²) in [5, 5.41) is 1.43. The van der Waals surface area contributed by atoms with Crippen molar-refractivity contribution in [2.45, 2.75) is 57.4 Å². The molecule has 0 spiro atoms. The van der Waals surface area contributed by atoms with E-state index in [4.69, 9.17) is 23.2 Å². The van der Waals surface area contributed by atoms with Gasteiger partial charge < -0.3 is 5.32 Å². The van der Waals surface area contributed by atoms with Crippen LogP contribution in [0.3, 0.4) is 0 Å². The molecule has 1 unspecified atom stereocenters. The van der Waals surface area contributed by atoms with Crippen LogP contribution in [0.5, 0.6) is 0 Å². The first-order valence-corrected chi connectivity index (χ1v) is 11.6. The van der Waals surface area contributed by atoms with Gasteiger partial charge in [-0.3, -0.25) is 9.59 Å². The third-order valence-corrected chi connectivity index (χ3v) is 5.84. The Morgan fingerprint density at radius 3 is 2.14 bits per heavy atom. The summed E-state index contributed by atoms with van der Waals surface area (Å²) in [5.41, 5.74) is 0.563. The van der Waals surface area contributed by atoms with Crippen molar-refractivity contribution in [2.24, 2.45) is 0 Å². The zero-order chi connectivity index (χ0) is 28.1. The molecule has 0 aliphatic heterocycles. The highest BCUT2D eigenvalue weighted by Crippen LogP contribution is 2.39. The minimum atomic E-state index is -4.73. The zero-order valence-electron chi connectivity index (χ0n) is 19.5. The first-order chi connectivity index (χ1) is 17.0. The number of aryl methyl sites for hydroxylation is 1. The summed E-state index contributed by atoms with van der Waals surface area (Å²) in [5.74, 6) is -4.40. The van der Waals surface area contributed by atoms with E-state index < -0.39 is 64.7 Å². The van der Waals surface area contributed by atoms with Crippen LogP contribution in [0.25, 0.3) is 6.08 Å². The summed E-state index contributed by atoms with van der Waals surface area (Å²) >= 11 is 11.3. The normalized spacial score (nSPS) is 14.0. The molecule has 0 aliphatic rings. The fraction of sp³-hybridized carbons (Fsp3) is 0.360. The van der Waals surface area contributed by atoms with E-state index in [1.165, 1.54) is 31.2 Å². The van der Waals surface area contributed by atoms with Crippen molar-refractivity contribution in [3.63, 3.8) is 0 Å². The van der Waals surface area contributed by atoms with Gasteiger partial charge in [-0.15, -0.1) is 0 Å². The molecule has 1 N–H and O–H groups in total. The molecule has 0 aliphatic carbocycles. The van der Waals surface area contributed by atoms with E-state index in [1.807, 2.05) is 0 Å². The van der Waals surface area contributed by atoms with Crippen molar-refractivity contribution in [2.75, 3.05) is 0 Å². The fourth-order valence-electron chi connectivity index (χ4n) is 3.49. The molecule has 0 radical (unpaired) electrons. The first-order valence-electron chi connectivity index (χ1n) is 10.9. The van der Waals surface area contributed by atoms with Crippen molar-refractivity contribution in [3.05, 3.63) is 74.5 Å². The number of halogens is 9. The maximum Gasteiger partial charge on any atom is 0.399 e. The Morgan fingerprint density at radius 2 is 1.62 bits per heavy atom. The van der Waals surface area contributed by atoms with Crippen molar-refractivity contribution in [1.29, 1.82) is 0 Å². The van der Waals surface area contributed by atoms with Gasteiger partial charge in [0.1, 0.15) is 5.78 Å². The van der Waals surface area contributed by atoms with Gasteiger partial charge in [0.05, 0.1) is 22.4 Å². The molecule has 1 amide bonds. The predicted octanol–water partition coefficient (Wildman–Crippen LogP) is 8.22. The molecule has 2 aromatic carbocycles. The van der Waals surface area contributed by atoms with Gasteiger partial charge in [-0.25, -0.2) is 4.39 Å². The van der Waals surface area contributed by atoms with Gasteiger partial charge in [0.15, 0.2) is 5.82 Å². The van der Waals surface area contributed by atoms with E-state index >= 15 is 0 Å². The molecule has 2 atom stereocenters. The Kier molecular flexibility index (Phi) is 10.2. The molecule has 0 saturated heterocycles. The number of amides is 1. The Bertz CT molecular complexity index is 1150. The van der Waals surface area contributed by atoms with Gasteiger partial charge in [0, 0.05) is 24.4 Å². The number of carbonyl (C=O) groups excluding carboxylic acids is 2. The molecule has 2 rings (SSSR count). The molecule has 0 fully saturated rings. The van der Waals surface area contributed by atoms with Crippen LogP contribution in [-0.2, 0) is 4.79 Å². The van der Waals surface area contributed by atoms with Gasteiger partial charge in [-0.2, -0.15) is 26.3 Å². The number of ketones is 1. The number of nitrogens with one attached hydrogen (secondary N) is 1. The minimum Gasteiger partial charge on any atom is -0.349 e. The monoisotopic (exact) mass is 571 g/mol. The van der Waals surface area contributed by atoms with Crippen molar-refractivity contribution in [1.82, 2.24) is 5.32 Å². The largest absolute Gasteiger partial charge is 0.399 e. The second-order valence-electron chi connectivity index (χ2n) is 8.48. The molecule has 12 heteroatoms. The van der Waals surface area contributed by atoms with Crippen molar-refractivity contribution >= 4 is 41.0 Å². The van der Waals surface area contributed by atoms with Crippen molar-refractivity contribution < 1.29 is 40.3 Å². The minimum absolute atomic E-state index is 0.177. The molecular weight excluding hydrogens is 550 g/mol. The fourth-order valence-corrected chi connectivity index (χ4v) is 4.00. The van der Waals surface area contributed by atoms with Crippen LogP contribution in [0.15, 0.2) is 36.4 Å². The summed E-state index contributed by atoms with van der Waals surface area (Å²) in [6.07, 6.45) is -9.35. The molecule has 3 nitrogen and oxygen atoms in total. The third kappa shape index (κ3) is 9.34. The van der Waals surface area contributed by atoms with Crippen LogP contribution in [0.2, 0.25) is 10.0 Å². The number of carbonyl (C=O) groups is 2. The van der Waals surface area contributed by atoms with E-state index in [9.17, 15) is 40.3 Å². The standard InChI is InChI=1S/C25H22Cl2F7NO2/c1-13-9-15(4-6-19(25(32,33)34)16-11-20(26)22(28)21(27)12-16)3-5-18(13)23(37)35-14(2)10-17(36)7-8-24(29,30)31/h3-6,9,11-12,14,19H,7-8,10H2,1-2H3,(H,35,37)/b6-4+/t14-,19?/m1/s1. The smallest absolute Gasteiger partial charge is 0.349 e. The summed E-state index contributed by atoms with van der Waals surface area (Å²) in [7, 11) is 0. The number of benzene rings is 2. The molecule has 0 aromatic heterocycles. The molecule has 2 aromatic rings. The quantitative estimate of drug-likeness (QED) is 0.243. The average molecular weight is 572 g/mol. The van der Waals surface area contributed by atoms with E-state index in [1.54, 1.807) is 6.92 Å². The lowest BCUT2D eigenvalue weighted by Gasteiger charge is -2.18. The van der Waals surface area contributed by atoms with Gasteiger partial charge in [-0.05, 0) is 48.7 Å². The highest BCUT2D eigenvalue weighted by Gasteiger charge is 2.39. The Hall–Kier alpha value is -2.59. The zero-order valence-corrected chi connectivity index (χ0v) is 21.0. The van der Waals surface area contributed by atoms with Crippen LogP contribution in [0, 0.1) is 12.7 Å². The Morgan fingerprint density at radius 1 is 1.03 bits per heavy atom. The average Bonchev–Trinajstić information content (AvgIpc) is 2.74. The summed E-state index contributed by atoms with van der Waals surface area (Å²) in [4.78, 5) is 24.2. The molecule has 0 bridgehead atoms. The number of rotatable bonds is 9. The van der Waals surface area contributed by atoms with Crippen LogP contribution >= 0.6 is 23.2 Å².